The first-order chi connectivity index (χ1) is 3.68. The Hall–Kier alpha value is 0.246. The fraction of sp³-hybridized carbons (Fsp3) is 0. The molecule has 0 aromatic carbocycles. The summed E-state index contributed by atoms with van der Waals surface area (Å²) in [5.41, 5.74) is 0. The predicted molar refractivity (Wildman–Crippen MR) is 17.2 cm³/mol. The van der Waals surface area contributed by atoms with E-state index in [0.29, 0.717) is 0 Å². The summed E-state index contributed by atoms with van der Waals surface area (Å²) in [7, 11) is 0. The number of aliphatic carboxylic acids is 1. The van der Waals surface area contributed by atoms with E-state index in [4.69, 9.17) is 0 Å². The molecule has 0 amide bonds. The molecular weight excluding hydrogens is 155 g/mol. The van der Waals surface area contributed by atoms with Crippen molar-refractivity contribution in [1.82, 2.24) is 0 Å². The molecule has 0 spiro atoms. The molecule has 0 saturated carbocycles. The molecule has 0 saturated heterocycles. The van der Waals surface area contributed by atoms with Crippen molar-refractivity contribution in [1.29, 1.82) is 0 Å². The Morgan fingerprint density at radius 2 is 1.89 bits per heavy atom. The van der Waals surface area contributed by atoms with E-state index in [1.807, 2.05) is 0 Å². The van der Waals surface area contributed by atoms with Gasteiger partial charge in [0, 0.05) is 0 Å². The summed E-state index contributed by atoms with van der Waals surface area (Å²) in [4.78, 5) is 28.2. The van der Waals surface area contributed by atoms with Crippen molar-refractivity contribution < 1.29 is 75.6 Å². The molecule has 0 N–H and O–H groups in total. The third-order valence-electron chi connectivity index (χ3n) is 0.322. The van der Waals surface area contributed by atoms with Gasteiger partial charge in [0.25, 0.3) is 0 Å². The van der Waals surface area contributed by atoms with Crippen LogP contribution < -0.4 is 56.5 Å². The van der Waals surface area contributed by atoms with Crippen LogP contribution in [0.15, 0.2) is 0 Å². The minimum Gasteiger partial charge on any atom is -0.539 e. The van der Waals surface area contributed by atoms with Gasteiger partial charge in [-0.25, -0.2) is 4.79 Å². The molecule has 0 aliphatic carbocycles. The summed E-state index contributed by atoms with van der Waals surface area (Å²) in [6, 6.07) is 0. The number of hydrogen-bond acceptors (Lipinski definition) is 5. The van der Waals surface area contributed by atoms with Gasteiger partial charge in [0.1, 0.15) is 0 Å². The number of carbonyl (C=O) groups excluding carboxylic acids is 3. The first-order valence-corrected chi connectivity index (χ1v) is 1.54. The number of hydrogen-bond donors (Lipinski definition) is 0. The average Bonchev–Trinajstić information content (AvgIpc) is 1.67. The van der Waals surface area contributed by atoms with Crippen LogP contribution >= 0.6 is 0 Å². The van der Waals surface area contributed by atoms with Crippen LogP contribution in [-0.2, 0) is 19.1 Å². The van der Waals surface area contributed by atoms with E-state index in [2.05, 4.69) is 4.74 Å². The first-order valence-electron chi connectivity index (χ1n) is 1.54. The summed E-state index contributed by atoms with van der Waals surface area (Å²) in [6.07, 6.45) is 0. The number of ether oxygens (including phenoxy) is 1. The van der Waals surface area contributed by atoms with Gasteiger partial charge in [0.15, 0.2) is 5.97 Å². The maximum absolute atomic E-state index is 9.63. The molecule has 0 aliphatic heterocycles. The monoisotopic (exact) mass is 156 g/mol. The van der Waals surface area contributed by atoms with Gasteiger partial charge in [-0.15, -0.1) is 0 Å². The normalized spacial score (nSPS) is 6.67. The van der Waals surface area contributed by atoms with Crippen LogP contribution in [0.1, 0.15) is 0 Å². The van der Waals surface area contributed by atoms with Crippen LogP contribution in [0.2, 0.25) is 0 Å². The molecule has 0 bridgehead atoms. The van der Waals surface area contributed by atoms with Crippen LogP contribution in [0.5, 0.6) is 0 Å². The minimum absolute atomic E-state index is 0. The van der Waals surface area contributed by atoms with Crippen LogP contribution in [0, 0.1) is 0 Å². The van der Waals surface area contributed by atoms with E-state index in [1.165, 1.54) is 0 Å². The second-order valence-electron chi connectivity index (χ2n) is 0.789. The molecule has 0 aliphatic rings. The van der Waals surface area contributed by atoms with Crippen molar-refractivity contribution in [3.8, 4) is 0 Å². The van der Waals surface area contributed by atoms with Gasteiger partial charge in [-0.1, -0.05) is 0 Å². The summed E-state index contributed by atoms with van der Waals surface area (Å²) in [5, 5.41) is 9.34. The van der Waals surface area contributed by atoms with E-state index in [9.17, 15) is 19.5 Å². The largest absolute Gasteiger partial charge is 1.00 e. The fourth-order valence-corrected chi connectivity index (χ4v) is 0.0918. The number of carboxylic acid groups (broad SMARTS) is 1. The predicted octanol–water partition coefficient (Wildman–Crippen LogP) is -5.56. The molecule has 0 fully saturated rings. The maximum atomic E-state index is 9.63. The first kappa shape index (κ1) is 12.0. The topological polar surface area (TPSA) is 83.5 Å². The molecular formula is C3HKO5. The summed E-state index contributed by atoms with van der Waals surface area (Å²) in [5.74, 6) is -3.71. The second kappa shape index (κ2) is 6.37. The summed E-state index contributed by atoms with van der Waals surface area (Å²) in [6.45, 7) is -0.280. The Morgan fingerprint density at radius 1 is 1.44 bits per heavy atom. The summed E-state index contributed by atoms with van der Waals surface area (Å²) < 4.78 is 3.32. The Morgan fingerprint density at radius 3 is 2.00 bits per heavy atom. The molecule has 0 unspecified atom stereocenters. The molecule has 0 heterocycles. The standard InChI is InChI=1S/C3H2O5.K/c4-1-8-3(7)2(5)6;/h1H,(H,5,6);/q;+1/p-1. The van der Waals surface area contributed by atoms with Gasteiger partial charge in [-0.05, 0) is 0 Å². The van der Waals surface area contributed by atoms with Gasteiger partial charge in [-0.3, -0.25) is 4.79 Å². The Labute approximate surface area is 92.8 Å². The van der Waals surface area contributed by atoms with Crippen molar-refractivity contribution >= 4 is 18.4 Å². The zero-order chi connectivity index (χ0) is 6.57. The van der Waals surface area contributed by atoms with Crippen LogP contribution in [-0.4, -0.2) is 18.4 Å². The van der Waals surface area contributed by atoms with E-state index >= 15 is 0 Å². The Balaban J connectivity index is 0. The van der Waals surface area contributed by atoms with Crippen molar-refractivity contribution in [2.45, 2.75) is 0 Å². The average molecular weight is 156 g/mol. The van der Waals surface area contributed by atoms with Gasteiger partial charge in [0.05, 0.1) is 0 Å². The molecule has 9 heavy (non-hydrogen) atoms. The van der Waals surface area contributed by atoms with Crippen molar-refractivity contribution in [2.75, 3.05) is 0 Å². The Bertz CT molecular complexity index is 130. The van der Waals surface area contributed by atoms with Crippen molar-refractivity contribution in [3.63, 3.8) is 0 Å². The summed E-state index contributed by atoms with van der Waals surface area (Å²) >= 11 is 0. The molecule has 6 heteroatoms. The van der Waals surface area contributed by atoms with Gasteiger partial charge >= 0.3 is 63.8 Å². The molecule has 0 rings (SSSR count). The molecule has 44 valence electrons. The molecule has 0 aromatic rings. The fourth-order valence-electron chi connectivity index (χ4n) is 0.0918. The second-order valence-corrected chi connectivity index (χ2v) is 0.789. The number of carbonyl (C=O) groups is 3. The van der Waals surface area contributed by atoms with Crippen molar-refractivity contribution in [2.24, 2.45) is 0 Å². The van der Waals surface area contributed by atoms with Gasteiger partial charge in [-0.2, -0.15) is 0 Å². The minimum atomic E-state index is -2.03. The van der Waals surface area contributed by atoms with Crippen LogP contribution in [0.3, 0.4) is 0 Å². The molecule has 0 aromatic heterocycles. The van der Waals surface area contributed by atoms with E-state index in [-0.39, 0.29) is 57.9 Å². The molecule has 5 nitrogen and oxygen atoms in total. The van der Waals surface area contributed by atoms with Crippen molar-refractivity contribution in [3.05, 3.63) is 0 Å². The SMILES string of the molecule is O=COC(=O)C(=O)[O-].[K+]. The van der Waals surface area contributed by atoms with Gasteiger partial charge in [0.2, 0.25) is 0 Å². The molecule has 0 atom stereocenters. The zero-order valence-electron chi connectivity index (χ0n) is 4.62. The van der Waals surface area contributed by atoms with Crippen LogP contribution in [0.4, 0.5) is 0 Å². The van der Waals surface area contributed by atoms with E-state index < -0.39 is 11.9 Å². The zero-order valence-corrected chi connectivity index (χ0v) is 7.74. The van der Waals surface area contributed by atoms with Gasteiger partial charge < -0.3 is 14.6 Å². The number of rotatable bonds is 1. The smallest absolute Gasteiger partial charge is 0.539 e. The third-order valence-corrected chi connectivity index (χ3v) is 0.322. The number of carboxylic acids is 1. The number of esters is 1. The van der Waals surface area contributed by atoms with E-state index in [1.54, 1.807) is 0 Å². The molecule has 0 radical (unpaired) electrons. The van der Waals surface area contributed by atoms with Crippen LogP contribution in [0.25, 0.3) is 0 Å². The maximum Gasteiger partial charge on any atom is 1.00 e. The Kier molecular flexibility index (Phi) is 8.47. The quantitative estimate of drug-likeness (QED) is 0.124. The van der Waals surface area contributed by atoms with E-state index in [0.717, 1.165) is 0 Å². The third kappa shape index (κ3) is 6.13.